The third-order valence-electron chi connectivity index (χ3n) is 2.71. The first kappa shape index (κ1) is 9.12. The van der Waals surface area contributed by atoms with Crippen LogP contribution in [0.5, 0.6) is 0 Å². The number of rotatable bonds is 2. The number of thiazole rings is 1. The maximum atomic E-state index is 5.05. The lowest BCUT2D eigenvalue weighted by atomic mass is 10.2. The van der Waals surface area contributed by atoms with Gasteiger partial charge in [-0.1, -0.05) is 0 Å². The molecule has 0 aliphatic carbocycles. The minimum absolute atomic E-state index is 0.460. The van der Waals surface area contributed by atoms with Gasteiger partial charge in [0.15, 0.2) is 0 Å². The summed E-state index contributed by atoms with van der Waals surface area (Å²) in [5, 5.41) is 6.64. The highest BCUT2D eigenvalue weighted by Gasteiger charge is 2.19. The molecule has 0 aromatic carbocycles. The molecule has 78 valence electrons. The monoisotopic (exact) mass is 220 g/mol. The molecule has 1 aliphatic heterocycles. The summed E-state index contributed by atoms with van der Waals surface area (Å²) < 4.78 is 5.05. The van der Waals surface area contributed by atoms with Gasteiger partial charge in [-0.25, -0.2) is 4.98 Å². The van der Waals surface area contributed by atoms with Crippen molar-refractivity contribution < 1.29 is 4.42 Å². The Morgan fingerprint density at radius 1 is 1.53 bits per heavy atom. The molecule has 1 atom stereocenters. The minimum Gasteiger partial charge on any atom is -0.472 e. The standard InChI is InChI=1S/C11H12N2OS/c1-2-9(12-4-1)10-7-15-11(13-10)8-3-5-14-6-8/h3,5-7,9,12H,1-2,4H2/t9-/m0/s1. The number of nitrogens with one attached hydrogen (secondary N) is 1. The van der Waals surface area contributed by atoms with E-state index in [1.165, 1.54) is 18.5 Å². The first-order valence-electron chi connectivity index (χ1n) is 5.15. The number of furan rings is 1. The molecule has 3 heterocycles. The fraction of sp³-hybridized carbons (Fsp3) is 0.364. The predicted molar refractivity (Wildman–Crippen MR) is 59.8 cm³/mol. The second-order valence-electron chi connectivity index (χ2n) is 3.74. The third kappa shape index (κ3) is 1.70. The molecule has 15 heavy (non-hydrogen) atoms. The van der Waals surface area contributed by atoms with Crippen LogP contribution < -0.4 is 5.32 Å². The molecule has 3 nitrogen and oxygen atoms in total. The van der Waals surface area contributed by atoms with Crippen molar-refractivity contribution >= 4 is 11.3 Å². The van der Waals surface area contributed by atoms with Crippen LogP contribution in [0.4, 0.5) is 0 Å². The number of hydrogen-bond acceptors (Lipinski definition) is 4. The summed E-state index contributed by atoms with van der Waals surface area (Å²) in [6.07, 6.45) is 5.88. The Balaban J connectivity index is 1.87. The van der Waals surface area contributed by atoms with Crippen LogP contribution in [-0.2, 0) is 0 Å². The first-order chi connectivity index (χ1) is 7.43. The Hall–Kier alpha value is -1.13. The fourth-order valence-electron chi connectivity index (χ4n) is 1.90. The predicted octanol–water partition coefficient (Wildman–Crippen LogP) is 2.83. The molecule has 0 saturated carbocycles. The van der Waals surface area contributed by atoms with Crippen molar-refractivity contribution in [3.05, 3.63) is 29.7 Å². The topological polar surface area (TPSA) is 38.1 Å². The van der Waals surface area contributed by atoms with Crippen molar-refractivity contribution in [3.63, 3.8) is 0 Å². The average molecular weight is 220 g/mol. The van der Waals surface area contributed by atoms with Crippen molar-refractivity contribution in [2.45, 2.75) is 18.9 Å². The van der Waals surface area contributed by atoms with Gasteiger partial charge >= 0.3 is 0 Å². The van der Waals surface area contributed by atoms with E-state index in [-0.39, 0.29) is 0 Å². The van der Waals surface area contributed by atoms with Crippen molar-refractivity contribution in [2.75, 3.05) is 6.54 Å². The van der Waals surface area contributed by atoms with Crippen LogP contribution in [0.2, 0.25) is 0 Å². The van der Waals surface area contributed by atoms with E-state index in [2.05, 4.69) is 15.7 Å². The van der Waals surface area contributed by atoms with Crippen LogP contribution in [0, 0.1) is 0 Å². The zero-order valence-electron chi connectivity index (χ0n) is 8.27. The Bertz CT molecular complexity index is 429. The fourth-order valence-corrected chi connectivity index (χ4v) is 2.76. The summed E-state index contributed by atoms with van der Waals surface area (Å²) in [5.41, 5.74) is 2.25. The molecule has 0 spiro atoms. The summed E-state index contributed by atoms with van der Waals surface area (Å²) in [6, 6.07) is 2.41. The lowest BCUT2D eigenvalue weighted by Gasteiger charge is -2.04. The molecule has 2 aromatic rings. The highest BCUT2D eigenvalue weighted by molar-refractivity contribution is 7.13. The van der Waals surface area contributed by atoms with E-state index >= 15 is 0 Å². The van der Waals surface area contributed by atoms with Gasteiger partial charge in [0.25, 0.3) is 0 Å². The maximum Gasteiger partial charge on any atom is 0.126 e. The summed E-state index contributed by atoms with van der Waals surface area (Å²) >= 11 is 1.68. The Kier molecular flexibility index (Phi) is 2.31. The zero-order valence-corrected chi connectivity index (χ0v) is 9.09. The summed E-state index contributed by atoms with van der Waals surface area (Å²) in [7, 11) is 0. The van der Waals surface area contributed by atoms with Gasteiger partial charge in [-0.2, -0.15) is 0 Å². The molecule has 1 saturated heterocycles. The molecule has 0 bridgehead atoms. The molecule has 0 radical (unpaired) electrons. The average Bonchev–Trinajstić information content (AvgIpc) is 3.02. The van der Waals surface area contributed by atoms with Crippen LogP contribution >= 0.6 is 11.3 Å². The molecule has 1 fully saturated rings. The quantitative estimate of drug-likeness (QED) is 0.845. The van der Waals surface area contributed by atoms with Gasteiger partial charge < -0.3 is 9.73 Å². The van der Waals surface area contributed by atoms with Gasteiger partial charge in [-0.3, -0.25) is 0 Å². The minimum atomic E-state index is 0.460. The van der Waals surface area contributed by atoms with Crippen LogP contribution in [0.1, 0.15) is 24.6 Å². The van der Waals surface area contributed by atoms with Gasteiger partial charge in [0.1, 0.15) is 11.3 Å². The van der Waals surface area contributed by atoms with Gasteiger partial charge in [0.05, 0.1) is 18.0 Å². The van der Waals surface area contributed by atoms with Crippen LogP contribution in [0.25, 0.3) is 10.6 Å². The number of hydrogen-bond donors (Lipinski definition) is 1. The second kappa shape index (κ2) is 3.79. The Morgan fingerprint density at radius 3 is 3.27 bits per heavy atom. The Labute approximate surface area is 92.1 Å². The van der Waals surface area contributed by atoms with E-state index in [9.17, 15) is 0 Å². The Morgan fingerprint density at radius 2 is 2.53 bits per heavy atom. The van der Waals surface area contributed by atoms with E-state index in [4.69, 9.17) is 4.42 Å². The SMILES string of the molecule is c1cc(-c2nc([C@@H]3CCCN3)cs2)co1. The molecular weight excluding hydrogens is 208 g/mol. The third-order valence-corrected chi connectivity index (χ3v) is 3.62. The first-order valence-corrected chi connectivity index (χ1v) is 6.03. The number of nitrogens with zero attached hydrogens (tertiary/aromatic N) is 1. The van der Waals surface area contributed by atoms with Gasteiger partial charge in [-0.05, 0) is 25.5 Å². The molecule has 2 aromatic heterocycles. The largest absolute Gasteiger partial charge is 0.472 e. The van der Waals surface area contributed by atoms with Gasteiger partial charge in [0.2, 0.25) is 0 Å². The molecule has 0 amide bonds. The maximum absolute atomic E-state index is 5.05. The smallest absolute Gasteiger partial charge is 0.126 e. The summed E-state index contributed by atoms with van der Waals surface area (Å²) in [4.78, 5) is 4.63. The van der Waals surface area contributed by atoms with Gasteiger partial charge in [-0.15, -0.1) is 11.3 Å². The van der Waals surface area contributed by atoms with Crippen molar-refractivity contribution in [1.29, 1.82) is 0 Å². The normalized spacial score (nSPS) is 20.9. The summed E-state index contributed by atoms with van der Waals surface area (Å²) in [5.74, 6) is 0. The summed E-state index contributed by atoms with van der Waals surface area (Å²) in [6.45, 7) is 1.11. The molecular formula is C11H12N2OS. The highest BCUT2D eigenvalue weighted by Crippen LogP contribution is 2.29. The number of aromatic nitrogens is 1. The lowest BCUT2D eigenvalue weighted by Crippen LogP contribution is -2.12. The molecule has 1 N–H and O–H groups in total. The van der Waals surface area contributed by atoms with Crippen molar-refractivity contribution in [1.82, 2.24) is 10.3 Å². The van der Waals surface area contributed by atoms with Crippen LogP contribution in [0.3, 0.4) is 0 Å². The van der Waals surface area contributed by atoms with E-state index in [1.807, 2.05) is 6.07 Å². The molecule has 4 heteroatoms. The lowest BCUT2D eigenvalue weighted by molar-refractivity contribution is 0.568. The molecule has 1 aliphatic rings. The van der Waals surface area contributed by atoms with E-state index in [1.54, 1.807) is 23.9 Å². The second-order valence-corrected chi connectivity index (χ2v) is 4.60. The molecule has 3 rings (SSSR count). The van der Waals surface area contributed by atoms with Gasteiger partial charge in [0, 0.05) is 10.9 Å². The zero-order chi connectivity index (χ0) is 10.1. The molecule has 0 unspecified atom stereocenters. The van der Waals surface area contributed by atoms with Crippen LogP contribution in [0.15, 0.2) is 28.4 Å². The van der Waals surface area contributed by atoms with E-state index in [0.717, 1.165) is 17.1 Å². The van der Waals surface area contributed by atoms with Crippen molar-refractivity contribution in [2.24, 2.45) is 0 Å². The van der Waals surface area contributed by atoms with Crippen molar-refractivity contribution in [3.8, 4) is 10.6 Å². The van der Waals surface area contributed by atoms with E-state index < -0.39 is 0 Å². The van der Waals surface area contributed by atoms with Crippen LogP contribution in [-0.4, -0.2) is 11.5 Å². The van der Waals surface area contributed by atoms with E-state index in [0.29, 0.717) is 6.04 Å². The highest BCUT2D eigenvalue weighted by atomic mass is 32.1.